The second kappa shape index (κ2) is 6.03. The van der Waals surface area contributed by atoms with Gasteiger partial charge in [-0.25, -0.2) is 4.79 Å². The van der Waals surface area contributed by atoms with Crippen LogP contribution >= 0.6 is 11.6 Å². The van der Waals surface area contributed by atoms with Crippen LogP contribution in [0.25, 0.3) is 22.6 Å². The summed E-state index contributed by atoms with van der Waals surface area (Å²) in [5, 5.41) is 4.65. The van der Waals surface area contributed by atoms with Crippen LogP contribution in [0.1, 0.15) is 10.4 Å². The highest BCUT2D eigenvalue weighted by atomic mass is 35.5. The molecular formula is C17H12ClNO3. The van der Waals surface area contributed by atoms with Gasteiger partial charge in [0, 0.05) is 16.1 Å². The first-order valence-corrected chi connectivity index (χ1v) is 6.98. The Bertz CT molecular complexity index is 795. The van der Waals surface area contributed by atoms with Crippen LogP contribution in [0.3, 0.4) is 0 Å². The van der Waals surface area contributed by atoms with Crippen molar-refractivity contribution in [3.63, 3.8) is 0 Å². The molecule has 3 rings (SSSR count). The zero-order valence-electron chi connectivity index (χ0n) is 11.7. The molecule has 0 bridgehead atoms. The number of ether oxygens (including phenoxy) is 1. The monoisotopic (exact) mass is 313 g/mol. The summed E-state index contributed by atoms with van der Waals surface area (Å²) in [5.74, 6) is -0.109. The fraction of sp³-hybridized carbons (Fsp3) is 0.0588. The number of carbonyl (C=O) groups is 1. The van der Waals surface area contributed by atoms with E-state index in [4.69, 9.17) is 20.9 Å². The second-order valence-corrected chi connectivity index (χ2v) is 5.04. The van der Waals surface area contributed by atoms with Crippen molar-refractivity contribution in [1.29, 1.82) is 0 Å². The first-order chi connectivity index (χ1) is 10.7. The van der Waals surface area contributed by atoms with Gasteiger partial charge < -0.3 is 9.26 Å². The minimum absolute atomic E-state index is 0.302. The van der Waals surface area contributed by atoms with Crippen LogP contribution < -0.4 is 0 Å². The molecule has 3 aromatic rings. The Kier molecular flexibility index (Phi) is 3.94. The van der Waals surface area contributed by atoms with Gasteiger partial charge in [-0.1, -0.05) is 59.2 Å². The average molecular weight is 314 g/mol. The summed E-state index contributed by atoms with van der Waals surface area (Å²) in [5.41, 5.74) is 2.23. The van der Waals surface area contributed by atoms with Gasteiger partial charge in [-0.2, -0.15) is 0 Å². The van der Waals surface area contributed by atoms with Gasteiger partial charge in [-0.3, -0.25) is 0 Å². The molecule has 4 nitrogen and oxygen atoms in total. The molecule has 1 aromatic heterocycles. The molecule has 0 amide bonds. The molecule has 5 heteroatoms. The summed E-state index contributed by atoms with van der Waals surface area (Å²) < 4.78 is 10.3. The van der Waals surface area contributed by atoms with Gasteiger partial charge >= 0.3 is 5.97 Å². The van der Waals surface area contributed by atoms with E-state index >= 15 is 0 Å². The van der Waals surface area contributed by atoms with Crippen molar-refractivity contribution in [1.82, 2.24) is 5.16 Å². The van der Waals surface area contributed by atoms with Gasteiger partial charge in [0.25, 0.3) is 0 Å². The maximum atomic E-state index is 12.2. The van der Waals surface area contributed by atoms with E-state index in [1.165, 1.54) is 7.11 Å². The Morgan fingerprint density at radius 1 is 1.05 bits per heavy atom. The summed E-state index contributed by atoms with van der Waals surface area (Å²) in [4.78, 5) is 12.2. The van der Waals surface area contributed by atoms with Gasteiger partial charge in [0.05, 0.1) is 7.11 Å². The molecule has 0 saturated heterocycles. The second-order valence-electron chi connectivity index (χ2n) is 4.60. The zero-order chi connectivity index (χ0) is 15.5. The van der Waals surface area contributed by atoms with Crippen LogP contribution in [0.15, 0.2) is 59.1 Å². The third kappa shape index (κ3) is 2.61. The highest BCUT2D eigenvalue weighted by Crippen LogP contribution is 2.33. The quantitative estimate of drug-likeness (QED) is 0.670. The highest BCUT2D eigenvalue weighted by molar-refractivity contribution is 6.30. The van der Waals surface area contributed by atoms with Crippen LogP contribution in [0, 0.1) is 0 Å². The summed E-state index contributed by atoms with van der Waals surface area (Å²) in [6, 6.07) is 16.3. The molecule has 22 heavy (non-hydrogen) atoms. The van der Waals surface area contributed by atoms with E-state index in [1.54, 1.807) is 24.3 Å². The van der Waals surface area contributed by atoms with Crippen molar-refractivity contribution in [2.24, 2.45) is 0 Å². The lowest BCUT2D eigenvalue weighted by molar-refractivity contribution is 0.0602. The number of halogens is 1. The fourth-order valence-electron chi connectivity index (χ4n) is 2.17. The van der Waals surface area contributed by atoms with Crippen molar-refractivity contribution in [3.05, 3.63) is 65.2 Å². The van der Waals surface area contributed by atoms with Gasteiger partial charge in [-0.05, 0) is 12.1 Å². The van der Waals surface area contributed by atoms with Crippen molar-refractivity contribution in [3.8, 4) is 22.6 Å². The largest absolute Gasteiger partial charge is 0.465 e. The molecule has 0 radical (unpaired) electrons. The molecule has 0 aliphatic heterocycles. The number of hydrogen-bond acceptors (Lipinski definition) is 4. The van der Waals surface area contributed by atoms with Gasteiger partial charge in [-0.15, -0.1) is 0 Å². The topological polar surface area (TPSA) is 52.3 Å². The van der Waals surface area contributed by atoms with Crippen LogP contribution in [-0.2, 0) is 4.74 Å². The van der Waals surface area contributed by atoms with E-state index in [0.717, 1.165) is 11.1 Å². The van der Waals surface area contributed by atoms with Gasteiger partial charge in [0.2, 0.25) is 0 Å². The van der Waals surface area contributed by atoms with E-state index in [1.807, 2.05) is 30.3 Å². The molecule has 0 unspecified atom stereocenters. The van der Waals surface area contributed by atoms with Crippen molar-refractivity contribution in [2.75, 3.05) is 7.11 Å². The van der Waals surface area contributed by atoms with E-state index in [-0.39, 0.29) is 0 Å². The Hall–Kier alpha value is -2.59. The number of methoxy groups -OCH3 is 1. The van der Waals surface area contributed by atoms with Crippen LogP contribution in [-0.4, -0.2) is 18.2 Å². The molecule has 0 aliphatic carbocycles. The maximum absolute atomic E-state index is 12.2. The van der Waals surface area contributed by atoms with Gasteiger partial charge in [0.1, 0.15) is 11.3 Å². The molecule has 0 saturated carbocycles. The molecule has 0 fully saturated rings. The number of aromatic nitrogens is 1. The number of nitrogens with zero attached hydrogens (tertiary/aromatic N) is 1. The van der Waals surface area contributed by atoms with Crippen molar-refractivity contribution in [2.45, 2.75) is 0 Å². The third-order valence-electron chi connectivity index (χ3n) is 3.24. The molecule has 2 aromatic carbocycles. The van der Waals surface area contributed by atoms with Crippen LogP contribution in [0.5, 0.6) is 0 Å². The molecule has 0 atom stereocenters. The lowest BCUT2D eigenvalue weighted by atomic mass is 10.0. The predicted octanol–water partition coefficient (Wildman–Crippen LogP) is 4.45. The number of hydrogen-bond donors (Lipinski definition) is 0. The Labute approximate surface area is 132 Å². The fourth-order valence-corrected chi connectivity index (χ4v) is 2.30. The normalized spacial score (nSPS) is 10.5. The minimum Gasteiger partial charge on any atom is -0.465 e. The first kappa shape index (κ1) is 14.4. The van der Waals surface area contributed by atoms with Crippen molar-refractivity contribution < 1.29 is 14.1 Å². The number of benzene rings is 2. The third-order valence-corrected chi connectivity index (χ3v) is 3.49. The zero-order valence-corrected chi connectivity index (χ0v) is 12.5. The van der Waals surface area contributed by atoms with E-state index < -0.39 is 5.97 Å². The van der Waals surface area contributed by atoms with Crippen LogP contribution in [0.2, 0.25) is 5.02 Å². The molecule has 110 valence electrons. The lowest BCUT2D eigenvalue weighted by Crippen LogP contribution is -2.03. The van der Waals surface area contributed by atoms with Crippen LogP contribution in [0.4, 0.5) is 0 Å². The van der Waals surface area contributed by atoms with Crippen molar-refractivity contribution >= 4 is 17.6 Å². The Morgan fingerprint density at radius 3 is 2.36 bits per heavy atom. The molecular weight excluding hydrogens is 302 g/mol. The standard InChI is InChI=1S/C17H12ClNO3/c1-21-17(20)14-15(11-7-9-13(18)10-8-11)19-22-16(14)12-5-3-2-4-6-12/h2-10H,1H3. The average Bonchev–Trinajstić information content (AvgIpc) is 3.00. The van der Waals surface area contributed by atoms with E-state index in [0.29, 0.717) is 22.0 Å². The molecule has 0 N–H and O–H groups in total. The smallest absolute Gasteiger partial charge is 0.344 e. The summed E-state index contributed by atoms with van der Waals surface area (Å²) in [6.45, 7) is 0. The van der Waals surface area contributed by atoms with E-state index in [2.05, 4.69) is 5.16 Å². The molecule has 1 heterocycles. The summed E-state index contributed by atoms with van der Waals surface area (Å²) >= 11 is 5.89. The first-order valence-electron chi connectivity index (χ1n) is 6.60. The Balaban J connectivity index is 2.18. The van der Waals surface area contributed by atoms with E-state index in [9.17, 15) is 4.79 Å². The van der Waals surface area contributed by atoms with Gasteiger partial charge in [0.15, 0.2) is 5.76 Å². The summed E-state index contributed by atoms with van der Waals surface area (Å²) in [7, 11) is 1.33. The lowest BCUT2D eigenvalue weighted by Gasteiger charge is -2.03. The SMILES string of the molecule is COC(=O)c1c(-c2ccc(Cl)cc2)noc1-c1ccccc1. The Morgan fingerprint density at radius 2 is 1.73 bits per heavy atom. The highest BCUT2D eigenvalue weighted by Gasteiger charge is 2.25. The number of esters is 1. The molecule has 0 aliphatic rings. The number of carbonyl (C=O) groups excluding carboxylic acids is 1. The summed E-state index contributed by atoms with van der Waals surface area (Å²) in [6.07, 6.45) is 0. The molecule has 0 spiro atoms. The number of rotatable bonds is 3. The maximum Gasteiger partial charge on any atom is 0.344 e. The predicted molar refractivity (Wildman–Crippen MR) is 83.7 cm³/mol. The minimum atomic E-state index is -0.495.